The van der Waals surface area contributed by atoms with E-state index in [9.17, 15) is 14.9 Å². The first-order valence-corrected chi connectivity index (χ1v) is 9.72. The maximum Gasteiger partial charge on any atom is 0.271 e. The Morgan fingerprint density at radius 3 is 2.42 bits per heavy atom. The number of non-ortho nitro benzene ring substituents is 1. The second-order valence-electron chi connectivity index (χ2n) is 7.30. The lowest BCUT2D eigenvalue weighted by atomic mass is 10.0. The van der Waals surface area contributed by atoms with Crippen molar-refractivity contribution in [1.29, 1.82) is 0 Å². The lowest BCUT2D eigenvalue weighted by Gasteiger charge is -2.35. The molecule has 1 aromatic carbocycles. The van der Waals surface area contributed by atoms with Crippen LogP contribution in [0.25, 0.3) is 0 Å². The lowest BCUT2D eigenvalue weighted by Crippen LogP contribution is -2.48. The number of hydrogen-bond acceptors (Lipinski definition) is 4. The summed E-state index contributed by atoms with van der Waals surface area (Å²) in [4.78, 5) is 25.2. The number of benzene rings is 1. The van der Waals surface area contributed by atoms with Gasteiger partial charge in [0.25, 0.3) is 11.6 Å². The molecule has 1 aliphatic rings. The number of carbonyl (C=O) groups excluding carboxylic acids is 1. The second kappa shape index (κ2) is 9.55. The first kappa shape index (κ1) is 20.2. The van der Waals surface area contributed by atoms with Gasteiger partial charge in [-0.1, -0.05) is 59.3 Å². The molecule has 0 N–H and O–H groups in total. The van der Waals surface area contributed by atoms with Crippen LogP contribution in [-0.2, 0) is 4.79 Å². The van der Waals surface area contributed by atoms with Gasteiger partial charge in [-0.25, -0.2) is 0 Å². The Hall–Kier alpha value is -2.11. The van der Waals surface area contributed by atoms with Crippen LogP contribution in [0.2, 0.25) is 0 Å². The number of nitrogens with zero attached hydrogens (tertiary/aromatic N) is 2. The number of anilines is 1. The predicted octanol–water partition coefficient (Wildman–Crippen LogP) is 5.10. The zero-order valence-electron chi connectivity index (χ0n) is 16.1. The van der Waals surface area contributed by atoms with Crippen molar-refractivity contribution < 1.29 is 14.5 Å². The Labute approximate surface area is 155 Å². The van der Waals surface area contributed by atoms with Crippen molar-refractivity contribution in [2.75, 3.05) is 11.4 Å². The highest BCUT2D eigenvalue weighted by molar-refractivity contribution is 6.00. The number of hydrogen-bond donors (Lipinski definition) is 0. The number of amides is 1. The molecule has 0 radical (unpaired) electrons. The van der Waals surface area contributed by atoms with Crippen LogP contribution in [0.1, 0.15) is 65.7 Å². The van der Waals surface area contributed by atoms with Gasteiger partial charge in [-0.2, -0.15) is 0 Å². The fraction of sp³-hybridized carbons (Fsp3) is 0.650. The number of fused-ring (bicyclic) bond motifs is 1. The predicted molar refractivity (Wildman–Crippen MR) is 103 cm³/mol. The molecule has 1 heterocycles. The van der Waals surface area contributed by atoms with E-state index in [1.54, 1.807) is 11.0 Å². The molecule has 2 rings (SSSR count). The van der Waals surface area contributed by atoms with E-state index in [0.717, 1.165) is 19.3 Å². The van der Waals surface area contributed by atoms with Crippen LogP contribution in [0.5, 0.6) is 5.75 Å². The third kappa shape index (κ3) is 4.96. The summed E-state index contributed by atoms with van der Waals surface area (Å²) in [5.41, 5.74) is 0.500. The van der Waals surface area contributed by atoms with Crippen molar-refractivity contribution >= 4 is 17.3 Å². The summed E-state index contributed by atoms with van der Waals surface area (Å²) >= 11 is 0. The molecule has 1 aromatic rings. The van der Waals surface area contributed by atoms with E-state index in [1.807, 2.05) is 13.8 Å². The van der Waals surface area contributed by atoms with Gasteiger partial charge in [-0.3, -0.25) is 14.9 Å². The van der Waals surface area contributed by atoms with Gasteiger partial charge in [0.15, 0.2) is 6.10 Å². The van der Waals surface area contributed by atoms with E-state index in [4.69, 9.17) is 4.74 Å². The summed E-state index contributed by atoms with van der Waals surface area (Å²) in [6, 6.07) is 4.48. The van der Waals surface area contributed by atoms with Crippen molar-refractivity contribution in [2.45, 2.75) is 71.8 Å². The number of nitro benzene ring substituents is 1. The van der Waals surface area contributed by atoms with Crippen molar-refractivity contribution in [3.05, 3.63) is 28.3 Å². The van der Waals surface area contributed by atoms with Gasteiger partial charge >= 0.3 is 0 Å². The summed E-state index contributed by atoms with van der Waals surface area (Å²) in [5, 5.41) is 11.1. The van der Waals surface area contributed by atoms with Crippen LogP contribution in [-0.4, -0.2) is 23.5 Å². The van der Waals surface area contributed by atoms with Gasteiger partial charge < -0.3 is 9.64 Å². The highest BCUT2D eigenvalue weighted by atomic mass is 16.6. The standard InChI is InChI=1S/C20H30N2O4/c1-4-5-6-7-8-9-10-13-21-17-14-16(22(24)25)11-12-18(17)26-19(15(2)3)20(21)23/h11-12,14-15,19H,4-10,13H2,1-3H3. The van der Waals surface area contributed by atoms with E-state index in [2.05, 4.69) is 6.92 Å². The minimum atomic E-state index is -0.534. The number of ether oxygens (including phenoxy) is 1. The molecule has 1 unspecified atom stereocenters. The molecule has 144 valence electrons. The Balaban J connectivity index is 2.08. The van der Waals surface area contributed by atoms with E-state index < -0.39 is 11.0 Å². The van der Waals surface area contributed by atoms with Crippen molar-refractivity contribution in [1.82, 2.24) is 0 Å². The van der Waals surface area contributed by atoms with Crippen LogP contribution in [0, 0.1) is 16.0 Å². The van der Waals surface area contributed by atoms with E-state index >= 15 is 0 Å². The number of carbonyl (C=O) groups is 1. The fourth-order valence-corrected chi connectivity index (χ4v) is 3.27. The molecule has 6 heteroatoms. The van der Waals surface area contributed by atoms with Crippen LogP contribution in [0.3, 0.4) is 0 Å². The molecule has 0 saturated heterocycles. The molecule has 26 heavy (non-hydrogen) atoms. The van der Waals surface area contributed by atoms with E-state index in [-0.39, 0.29) is 17.5 Å². The van der Waals surface area contributed by atoms with Gasteiger partial charge in [-0.05, 0) is 18.4 Å². The lowest BCUT2D eigenvalue weighted by molar-refractivity contribution is -0.384. The molecule has 0 aliphatic carbocycles. The van der Waals surface area contributed by atoms with Crippen molar-refractivity contribution in [3.8, 4) is 5.75 Å². The maximum absolute atomic E-state index is 12.8. The molecule has 0 fully saturated rings. The van der Waals surface area contributed by atoms with E-state index in [0.29, 0.717) is 18.0 Å². The van der Waals surface area contributed by atoms with Gasteiger partial charge in [0.2, 0.25) is 0 Å². The average molecular weight is 362 g/mol. The molecule has 1 atom stereocenters. The summed E-state index contributed by atoms with van der Waals surface area (Å²) in [5.74, 6) is 0.498. The summed E-state index contributed by atoms with van der Waals surface area (Å²) in [7, 11) is 0. The van der Waals surface area contributed by atoms with Gasteiger partial charge in [0, 0.05) is 18.7 Å². The molecule has 1 amide bonds. The van der Waals surface area contributed by atoms with Crippen LogP contribution < -0.4 is 9.64 Å². The quantitative estimate of drug-likeness (QED) is 0.330. The Bertz CT molecular complexity index is 630. The minimum Gasteiger partial charge on any atom is -0.478 e. The number of rotatable bonds is 10. The zero-order valence-corrected chi connectivity index (χ0v) is 16.1. The maximum atomic E-state index is 12.8. The van der Waals surface area contributed by atoms with Gasteiger partial charge in [-0.15, -0.1) is 0 Å². The zero-order chi connectivity index (χ0) is 19.1. The molecule has 0 aromatic heterocycles. The summed E-state index contributed by atoms with van der Waals surface area (Å²) < 4.78 is 5.83. The smallest absolute Gasteiger partial charge is 0.271 e. The van der Waals surface area contributed by atoms with Crippen molar-refractivity contribution in [2.24, 2.45) is 5.92 Å². The molecular formula is C20H30N2O4. The first-order chi connectivity index (χ1) is 12.5. The third-order valence-electron chi connectivity index (χ3n) is 4.80. The molecule has 0 bridgehead atoms. The third-order valence-corrected chi connectivity index (χ3v) is 4.80. The first-order valence-electron chi connectivity index (χ1n) is 9.72. The minimum absolute atomic E-state index is 0.0206. The monoisotopic (exact) mass is 362 g/mol. The number of unbranched alkanes of at least 4 members (excludes halogenated alkanes) is 6. The Kier molecular flexibility index (Phi) is 7.42. The molecule has 0 spiro atoms. The normalized spacial score (nSPS) is 16.5. The van der Waals surface area contributed by atoms with Crippen LogP contribution in [0.15, 0.2) is 18.2 Å². The molecule has 1 aliphatic heterocycles. The molecular weight excluding hydrogens is 332 g/mol. The van der Waals surface area contributed by atoms with Crippen LogP contribution in [0.4, 0.5) is 11.4 Å². The summed E-state index contributed by atoms with van der Waals surface area (Å²) in [6.45, 7) is 6.68. The van der Waals surface area contributed by atoms with Gasteiger partial charge in [0.1, 0.15) is 5.75 Å². The fourth-order valence-electron chi connectivity index (χ4n) is 3.27. The Morgan fingerprint density at radius 1 is 1.15 bits per heavy atom. The summed E-state index contributed by atoms with van der Waals surface area (Å²) in [6.07, 6.45) is 7.57. The highest BCUT2D eigenvalue weighted by Crippen LogP contribution is 2.38. The Morgan fingerprint density at radius 2 is 1.81 bits per heavy atom. The second-order valence-corrected chi connectivity index (χ2v) is 7.30. The average Bonchev–Trinajstić information content (AvgIpc) is 2.61. The topological polar surface area (TPSA) is 72.7 Å². The molecule has 0 saturated carbocycles. The molecule has 6 nitrogen and oxygen atoms in total. The SMILES string of the molecule is CCCCCCCCCN1C(=O)C(C(C)C)Oc2ccc([N+](=O)[O-])cc21. The van der Waals surface area contributed by atoms with Crippen molar-refractivity contribution in [3.63, 3.8) is 0 Å². The largest absolute Gasteiger partial charge is 0.478 e. The van der Waals surface area contributed by atoms with Crippen LogP contribution >= 0.6 is 0 Å². The van der Waals surface area contributed by atoms with E-state index in [1.165, 1.54) is 37.8 Å². The number of nitro groups is 1. The highest BCUT2D eigenvalue weighted by Gasteiger charge is 2.36. The van der Waals surface area contributed by atoms with Gasteiger partial charge in [0.05, 0.1) is 10.6 Å².